The average Bonchev–Trinajstić information content (AvgIpc) is 2.99. The topological polar surface area (TPSA) is 60.5 Å². The molecule has 0 fully saturated rings. The van der Waals surface area contributed by atoms with Crippen molar-refractivity contribution < 1.29 is 14.3 Å². The van der Waals surface area contributed by atoms with E-state index in [-0.39, 0.29) is 5.91 Å². The minimum absolute atomic E-state index is 0.0998. The second kappa shape index (κ2) is 7.31. The predicted molar refractivity (Wildman–Crippen MR) is 96.1 cm³/mol. The molecule has 0 aliphatic heterocycles. The summed E-state index contributed by atoms with van der Waals surface area (Å²) in [6.07, 6.45) is 0.291. The van der Waals surface area contributed by atoms with Gasteiger partial charge in [0, 0.05) is 0 Å². The second-order valence-electron chi connectivity index (χ2n) is 5.13. The van der Waals surface area contributed by atoms with Crippen LogP contribution in [0.15, 0.2) is 42.5 Å². The van der Waals surface area contributed by atoms with Gasteiger partial charge in [0.1, 0.15) is 17.0 Å². The van der Waals surface area contributed by atoms with Gasteiger partial charge in [0.2, 0.25) is 5.91 Å². The fourth-order valence-corrected chi connectivity index (χ4v) is 3.26. The number of hydrogen-bond acceptors (Lipinski definition) is 5. The minimum atomic E-state index is -0.0998. The summed E-state index contributed by atoms with van der Waals surface area (Å²) < 4.78 is 11.7. The molecule has 3 aromatic rings. The van der Waals surface area contributed by atoms with Crippen LogP contribution >= 0.6 is 11.3 Å². The molecule has 0 aliphatic carbocycles. The van der Waals surface area contributed by atoms with Gasteiger partial charge >= 0.3 is 0 Å². The Morgan fingerprint density at radius 1 is 1.21 bits per heavy atom. The van der Waals surface area contributed by atoms with Crippen LogP contribution in [0.5, 0.6) is 11.5 Å². The average molecular weight is 342 g/mol. The molecular formula is C18H18N2O3S. The lowest BCUT2D eigenvalue weighted by atomic mass is 10.1. The molecule has 0 bridgehead atoms. The number of rotatable bonds is 6. The van der Waals surface area contributed by atoms with Crippen LogP contribution in [0.2, 0.25) is 0 Å². The van der Waals surface area contributed by atoms with Crippen molar-refractivity contribution >= 4 is 32.6 Å². The lowest BCUT2D eigenvalue weighted by Crippen LogP contribution is -2.14. The highest BCUT2D eigenvalue weighted by atomic mass is 32.1. The molecule has 3 rings (SSSR count). The van der Waals surface area contributed by atoms with Crippen molar-refractivity contribution in [3.8, 4) is 11.5 Å². The number of fused-ring (bicyclic) bond motifs is 1. The molecule has 5 nitrogen and oxygen atoms in total. The van der Waals surface area contributed by atoms with Crippen molar-refractivity contribution in [3.63, 3.8) is 0 Å². The molecule has 0 spiro atoms. The van der Waals surface area contributed by atoms with E-state index in [4.69, 9.17) is 9.47 Å². The molecule has 24 heavy (non-hydrogen) atoms. The molecule has 0 atom stereocenters. The zero-order valence-corrected chi connectivity index (χ0v) is 14.4. The quantitative estimate of drug-likeness (QED) is 0.738. The summed E-state index contributed by atoms with van der Waals surface area (Å²) >= 11 is 1.43. The van der Waals surface area contributed by atoms with E-state index in [1.54, 1.807) is 7.11 Å². The molecule has 1 N–H and O–H groups in total. The van der Waals surface area contributed by atoms with Gasteiger partial charge in [-0.15, -0.1) is 0 Å². The van der Waals surface area contributed by atoms with E-state index in [2.05, 4.69) is 10.3 Å². The number of aromatic nitrogens is 1. The zero-order chi connectivity index (χ0) is 16.9. The van der Waals surface area contributed by atoms with Gasteiger partial charge < -0.3 is 14.8 Å². The Morgan fingerprint density at radius 2 is 2.00 bits per heavy atom. The molecule has 0 unspecified atom stereocenters. The van der Waals surface area contributed by atoms with Gasteiger partial charge in [-0.05, 0) is 36.8 Å². The number of para-hydroxylation sites is 1. The molecule has 2 aromatic carbocycles. The number of carbonyl (C=O) groups is 1. The van der Waals surface area contributed by atoms with E-state index in [1.807, 2.05) is 49.4 Å². The molecule has 1 aromatic heterocycles. The van der Waals surface area contributed by atoms with Crippen molar-refractivity contribution in [3.05, 3.63) is 48.0 Å². The Hall–Kier alpha value is -2.60. The largest absolute Gasteiger partial charge is 0.494 e. The van der Waals surface area contributed by atoms with Crippen molar-refractivity contribution in [1.29, 1.82) is 0 Å². The lowest BCUT2D eigenvalue weighted by molar-refractivity contribution is -0.115. The highest BCUT2D eigenvalue weighted by Crippen LogP contribution is 2.32. The first kappa shape index (κ1) is 16.3. The zero-order valence-electron chi connectivity index (χ0n) is 13.5. The van der Waals surface area contributed by atoms with Crippen LogP contribution in [0, 0.1) is 0 Å². The summed E-state index contributed by atoms with van der Waals surface area (Å²) in [4.78, 5) is 16.7. The molecule has 0 aliphatic rings. The van der Waals surface area contributed by atoms with Crippen molar-refractivity contribution in [2.45, 2.75) is 13.3 Å². The number of nitrogens with one attached hydrogen (secondary N) is 1. The maximum Gasteiger partial charge on any atom is 0.230 e. The Bertz CT molecular complexity index is 843. The minimum Gasteiger partial charge on any atom is -0.494 e. The molecule has 0 saturated heterocycles. The number of ether oxygens (including phenoxy) is 2. The van der Waals surface area contributed by atoms with Crippen LogP contribution < -0.4 is 14.8 Å². The summed E-state index contributed by atoms with van der Waals surface area (Å²) in [6, 6.07) is 13.2. The fourth-order valence-electron chi connectivity index (χ4n) is 2.36. The third-order valence-corrected chi connectivity index (χ3v) is 4.38. The summed E-state index contributed by atoms with van der Waals surface area (Å²) in [5.41, 5.74) is 1.69. The molecule has 1 heterocycles. The van der Waals surface area contributed by atoms with Crippen molar-refractivity contribution in [2.75, 3.05) is 19.0 Å². The van der Waals surface area contributed by atoms with Gasteiger partial charge in [-0.2, -0.15) is 0 Å². The molecule has 1 amide bonds. The highest BCUT2D eigenvalue weighted by molar-refractivity contribution is 7.22. The van der Waals surface area contributed by atoms with Gasteiger partial charge in [-0.25, -0.2) is 4.98 Å². The number of methoxy groups -OCH3 is 1. The van der Waals surface area contributed by atoms with Crippen LogP contribution in [0.3, 0.4) is 0 Å². The van der Waals surface area contributed by atoms with Crippen LogP contribution in [0.25, 0.3) is 10.2 Å². The van der Waals surface area contributed by atoms with E-state index >= 15 is 0 Å². The van der Waals surface area contributed by atoms with Crippen molar-refractivity contribution in [1.82, 2.24) is 4.98 Å². The third-order valence-electron chi connectivity index (χ3n) is 3.45. The van der Waals surface area contributed by atoms with E-state index in [0.717, 1.165) is 21.5 Å². The number of anilines is 1. The van der Waals surface area contributed by atoms with Gasteiger partial charge in [-0.1, -0.05) is 29.5 Å². The summed E-state index contributed by atoms with van der Waals surface area (Å²) in [7, 11) is 1.61. The Labute approximate surface area is 144 Å². The molecule has 0 radical (unpaired) electrons. The molecule has 0 saturated carbocycles. The second-order valence-corrected chi connectivity index (χ2v) is 6.16. The number of nitrogens with zero attached hydrogens (tertiary/aromatic N) is 1. The standard InChI is InChI=1S/C18H18N2O3S/c1-3-23-13-9-7-12(8-10-13)11-16(21)19-18-20-17-14(22-2)5-4-6-15(17)24-18/h4-10H,3,11H2,1-2H3,(H,19,20,21). The number of carbonyl (C=O) groups excluding carboxylic acids is 1. The van der Waals surface area contributed by atoms with E-state index in [1.165, 1.54) is 11.3 Å². The number of hydrogen-bond donors (Lipinski definition) is 1. The van der Waals surface area contributed by atoms with E-state index in [9.17, 15) is 4.79 Å². The number of amides is 1. The van der Waals surface area contributed by atoms with Crippen LogP contribution in [-0.4, -0.2) is 24.6 Å². The Balaban J connectivity index is 1.68. The maximum absolute atomic E-state index is 12.2. The van der Waals surface area contributed by atoms with E-state index < -0.39 is 0 Å². The smallest absolute Gasteiger partial charge is 0.230 e. The summed E-state index contributed by atoms with van der Waals surface area (Å²) in [5, 5.41) is 3.43. The normalized spacial score (nSPS) is 10.6. The number of thiazole rings is 1. The van der Waals surface area contributed by atoms with Crippen molar-refractivity contribution in [2.24, 2.45) is 0 Å². The van der Waals surface area contributed by atoms with Gasteiger partial charge in [0.05, 0.1) is 24.8 Å². The fraction of sp³-hybridized carbons (Fsp3) is 0.222. The van der Waals surface area contributed by atoms with Crippen LogP contribution in [0.1, 0.15) is 12.5 Å². The first-order valence-electron chi connectivity index (χ1n) is 7.64. The predicted octanol–water partition coefficient (Wildman–Crippen LogP) is 3.88. The van der Waals surface area contributed by atoms with Gasteiger partial charge in [-0.3, -0.25) is 4.79 Å². The molecular weight excluding hydrogens is 324 g/mol. The monoisotopic (exact) mass is 342 g/mol. The third kappa shape index (κ3) is 3.65. The van der Waals surface area contributed by atoms with Crippen LogP contribution in [-0.2, 0) is 11.2 Å². The first-order chi connectivity index (χ1) is 11.7. The maximum atomic E-state index is 12.2. The lowest BCUT2D eigenvalue weighted by Gasteiger charge is -2.05. The molecule has 6 heteroatoms. The van der Waals surface area contributed by atoms with E-state index in [0.29, 0.717) is 23.9 Å². The molecule has 124 valence electrons. The SMILES string of the molecule is CCOc1ccc(CC(=O)Nc2nc3c(OC)cccc3s2)cc1. The first-order valence-corrected chi connectivity index (χ1v) is 8.46. The highest BCUT2D eigenvalue weighted by Gasteiger charge is 2.11. The Kier molecular flexibility index (Phi) is 4.96. The summed E-state index contributed by atoms with van der Waals surface area (Å²) in [6.45, 7) is 2.56. The van der Waals surface area contributed by atoms with Gasteiger partial charge in [0.25, 0.3) is 0 Å². The van der Waals surface area contributed by atoms with Gasteiger partial charge in [0.15, 0.2) is 5.13 Å². The Morgan fingerprint density at radius 3 is 2.71 bits per heavy atom. The number of benzene rings is 2. The van der Waals surface area contributed by atoms with Crippen LogP contribution in [0.4, 0.5) is 5.13 Å². The summed E-state index contributed by atoms with van der Waals surface area (Å²) in [5.74, 6) is 1.41.